The van der Waals surface area contributed by atoms with Crippen LogP contribution >= 0.6 is 0 Å². The quantitative estimate of drug-likeness (QED) is 0.646. The van der Waals surface area contributed by atoms with E-state index in [2.05, 4.69) is 15.3 Å². The third-order valence-electron chi connectivity index (χ3n) is 4.60. The van der Waals surface area contributed by atoms with Crippen molar-refractivity contribution >= 4 is 17.5 Å². The molecule has 3 aromatic rings. The summed E-state index contributed by atoms with van der Waals surface area (Å²) in [6, 6.07) is 4.97. The molecule has 0 radical (unpaired) electrons. The molecule has 1 fully saturated rings. The first-order valence-corrected chi connectivity index (χ1v) is 8.60. The fourth-order valence-electron chi connectivity index (χ4n) is 3.09. The van der Waals surface area contributed by atoms with E-state index in [1.165, 1.54) is 17.0 Å². The molecule has 0 spiro atoms. The number of methoxy groups -OCH3 is 1. The van der Waals surface area contributed by atoms with Gasteiger partial charge in [0.1, 0.15) is 17.7 Å². The van der Waals surface area contributed by atoms with E-state index in [-0.39, 0.29) is 29.0 Å². The molecule has 4 rings (SSSR count). The number of hydrogen-bond donors (Lipinski definition) is 2. The van der Waals surface area contributed by atoms with Crippen molar-refractivity contribution in [3.05, 3.63) is 42.2 Å². The molecular formula is C18H19N5O4. The molecule has 1 unspecified atom stereocenters. The number of primary amides is 1. The highest BCUT2D eigenvalue weighted by molar-refractivity contribution is 5.99. The van der Waals surface area contributed by atoms with Gasteiger partial charge in [-0.1, -0.05) is 0 Å². The molecule has 0 saturated heterocycles. The van der Waals surface area contributed by atoms with Crippen molar-refractivity contribution in [1.29, 1.82) is 0 Å². The molecule has 1 aliphatic rings. The Morgan fingerprint density at radius 1 is 1.48 bits per heavy atom. The van der Waals surface area contributed by atoms with Gasteiger partial charge < -0.3 is 20.2 Å². The van der Waals surface area contributed by atoms with Gasteiger partial charge in [0.05, 0.1) is 18.9 Å². The molecule has 3 heterocycles. The maximum absolute atomic E-state index is 13.0. The molecule has 0 aromatic carbocycles. The van der Waals surface area contributed by atoms with E-state index in [0.29, 0.717) is 24.0 Å². The summed E-state index contributed by atoms with van der Waals surface area (Å²) in [5.74, 6) is -0.140. The molecule has 1 aliphatic carbocycles. The molecule has 1 saturated carbocycles. The number of nitrogens with two attached hydrogens (primary N) is 1. The number of nitrogens with one attached hydrogen (secondary N) is 1. The Balaban J connectivity index is 1.78. The molecule has 9 heteroatoms. The van der Waals surface area contributed by atoms with Crippen molar-refractivity contribution in [1.82, 2.24) is 19.7 Å². The zero-order chi connectivity index (χ0) is 19.0. The number of nitrogens with zero attached hydrogens (tertiary/aromatic N) is 3. The van der Waals surface area contributed by atoms with Gasteiger partial charge in [0.25, 0.3) is 11.8 Å². The van der Waals surface area contributed by atoms with Crippen LogP contribution in [0.2, 0.25) is 0 Å². The molecule has 140 valence electrons. The third kappa shape index (κ3) is 3.28. The van der Waals surface area contributed by atoms with Crippen LogP contribution in [-0.4, -0.2) is 45.9 Å². The standard InChI is InChI=1S/C18H19N5O4/c1-26-8-12(10-4-5-10)22-18(25)13-7-11(14-3-2-6-27-14)21-17-15(16(19)24)20-9-23(13)17/h2-3,6-7,9-10,12H,4-5,8H2,1H3,(H2,19,24)(H,22,25). The summed E-state index contributed by atoms with van der Waals surface area (Å²) >= 11 is 0. The van der Waals surface area contributed by atoms with Gasteiger partial charge in [-0.2, -0.15) is 0 Å². The van der Waals surface area contributed by atoms with Crippen molar-refractivity contribution < 1.29 is 18.7 Å². The highest BCUT2D eigenvalue weighted by atomic mass is 16.5. The number of ether oxygens (including phenoxy) is 1. The number of aromatic nitrogens is 3. The predicted molar refractivity (Wildman–Crippen MR) is 95.1 cm³/mol. The van der Waals surface area contributed by atoms with Gasteiger partial charge in [0.15, 0.2) is 17.1 Å². The number of amides is 2. The molecule has 3 aromatic heterocycles. The lowest BCUT2D eigenvalue weighted by Crippen LogP contribution is -2.40. The van der Waals surface area contributed by atoms with E-state index >= 15 is 0 Å². The lowest BCUT2D eigenvalue weighted by molar-refractivity contribution is 0.0877. The topological polar surface area (TPSA) is 125 Å². The summed E-state index contributed by atoms with van der Waals surface area (Å²) in [7, 11) is 1.61. The van der Waals surface area contributed by atoms with Gasteiger partial charge in [0.2, 0.25) is 0 Å². The zero-order valence-corrected chi connectivity index (χ0v) is 14.7. The average Bonchev–Trinajstić information content (AvgIpc) is 3.17. The Labute approximate surface area is 154 Å². The molecule has 2 amide bonds. The van der Waals surface area contributed by atoms with Crippen LogP contribution in [0.4, 0.5) is 0 Å². The van der Waals surface area contributed by atoms with Gasteiger partial charge >= 0.3 is 0 Å². The van der Waals surface area contributed by atoms with E-state index in [0.717, 1.165) is 12.8 Å². The Bertz CT molecular complexity index is 991. The smallest absolute Gasteiger partial charge is 0.271 e. The minimum Gasteiger partial charge on any atom is -0.463 e. The monoisotopic (exact) mass is 369 g/mol. The third-order valence-corrected chi connectivity index (χ3v) is 4.60. The normalized spacial score (nSPS) is 15.0. The lowest BCUT2D eigenvalue weighted by Gasteiger charge is -2.18. The van der Waals surface area contributed by atoms with E-state index in [1.54, 1.807) is 25.3 Å². The van der Waals surface area contributed by atoms with Crippen molar-refractivity contribution in [2.75, 3.05) is 13.7 Å². The number of furan rings is 1. The number of imidazole rings is 1. The van der Waals surface area contributed by atoms with Gasteiger partial charge in [-0.3, -0.25) is 14.0 Å². The Hall–Kier alpha value is -3.20. The number of fused-ring (bicyclic) bond motifs is 1. The van der Waals surface area contributed by atoms with E-state index in [1.807, 2.05) is 0 Å². The van der Waals surface area contributed by atoms with Crippen molar-refractivity contribution in [2.45, 2.75) is 18.9 Å². The summed E-state index contributed by atoms with van der Waals surface area (Å²) in [6.45, 7) is 0.437. The second-order valence-electron chi connectivity index (χ2n) is 6.53. The Morgan fingerprint density at radius 2 is 2.30 bits per heavy atom. The number of carbonyl (C=O) groups is 2. The van der Waals surface area contributed by atoms with Crippen LogP contribution in [0.3, 0.4) is 0 Å². The van der Waals surface area contributed by atoms with Crippen LogP contribution < -0.4 is 11.1 Å². The molecule has 3 N–H and O–H groups in total. The van der Waals surface area contributed by atoms with Crippen LogP contribution in [0.25, 0.3) is 17.1 Å². The minimum atomic E-state index is -0.719. The summed E-state index contributed by atoms with van der Waals surface area (Å²) in [5, 5.41) is 3.01. The minimum absolute atomic E-state index is 0.00640. The number of rotatable bonds is 7. The summed E-state index contributed by atoms with van der Waals surface area (Å²) in [4.78, 5) is 33.1. The van der Waals surface area contributed by atoms with E-state index in [4.69, 9.17) is 14.9 Å². The SMILES string of the molecule is COCC(NC(=O)c1cc(-c2ccco2)nc2c(C(N)=O)ncn12)C1CC1. The molecule has 0 aliphatic heterocycles. The van der Waals surface area contributed by atoms with Gasteiger partial charge in [-0.25, -0.2) is 9.97 Å². The molecule has 9 nitrogen and oxygen atoms in total. The Kier molecular flexibility index (Phi) is 4.36. The average molecular weight is 369 g/mol. The fourth-order valence-corrected chi connectivity index (χ4v) is 3.09. The van der Waals surface area contributed by atoms with Gasteiger partial charge in [-0.05, 0) is 37.0 Å². The first-order chi connectivity index (χ1) is 13.1. The van der Waals surface area contributed by atoms with Crippen molar-refractivity contribution in [2.24, 2.45) is 11.7 Å². The van der Waals surface area contributed by atoms with E-state index in [9.17, 15) is 9.59 Å². The van der Waals surface area contributed by atoms with E-state index < -0.39 is 5.91 Å². The van der Waals surface area contributed by atoms with Gasteiger partial charge in [0, 0.05) is 7.11 Å². The second kappa shape index (κ2) is 6.84. The van der Waals surface area contributed by atoms with Crippen LogP contribution in [0.15, 0.2) is 35.2 Å². The summed E-state index contributed by atoms with van der Waals surface area (Å²) < 4.78 is 12.1. The largest absolute Gasteiger partial charge is 0.463 e. The second-order valence-corrected chi connectivity index (χ2v) is 6.53. The number of carbonyl (C=O) groups excluding carboxylic acids is 2. The molecule has 0 bridgehead atoms. The van der Waals surface area contributed by atoms with Crippen LogP contribution in [-0.2, 0) is 4.74 Å². The maximum Gasteiger partial charge on any atom is 0.271 e. The molecule has 1 atom stereocenters. The predicted octanol–water partition coefficient (Wildman–Crippen LogP) is 1.24. The van der Waals surface area contributed by atoms with Crippen LogP contribution in [0.5, 0.6) is 0 Å². The van der Waals surface area contributed by atoms with Gasteiger partial charge in [-0.15, -0.1) is 0 Å². The lowest BCUT2D eigenvalue weighted by atomic mass is 10.2. The first-order valence-electron chi connectivity index (χ1n) is 8.60. The summed E-state index contributed by atoms with van der Waals surface area (Å²) in [5.41, 5.74) is 6.29. The van der Waals surface area contributed by atoms with Crippen molar-refractivity contribution in [3.8, 4) is 11.5 Å². The zero-order valence-electron chi connectivity index (χ0n) is 14.7. The fraction of sp³-hybridized carbons (Fsp3) is 0.333. The highest BCUT2D eigenvalue weighted by Gasteiger charge is 2.33. The highest BCUT2D eigenvalue weighted by Crippen LogP contribution is 2.33. The molecular weight excluding hydrogens is 350 g/mol. The maximum atomic E-state index is 13.0. The first kappa shape index (κ1) is 17.2. The molecule has 27 heavy (non-hydrogen) atoms. The van der Waals surface area contributed by atoms with Crippen LogP contribution in [0.1, 0.15) is 33.8 Å². The van der Waals surface area contributed by atoms with Crippen molar-refractivity contribution in [3.63, 3.8) is 0 Å². The number of hydrogen-bond acceptors (Lipinski definition) is 6. The van der Waals surface area contributed by atoms with Crippen LogP contribution in [0, 0.1) is 5.92 Å². The Morgan fingerprint density at radius 3 is 2.93 bits per heavy atom. The summed E-state index contributed by atoms with van der Waals surface area (Å²) in [6.07, 6.45) is 5.00.